The van der Waals surface area contributed by atoms with Gasteiger partial charge in [0, 0.05) is 22.2 Å². The van der Waals surface area contributed by atoms with Crippen LogP contribution in [0.5, 0.6) is 0 Å². The van der Waals surface area contributed by atoms with Gasteiger partial charge in [-0.3, -0.25) is 4.79 Å². The highest BCUT2D eigenvalue weighted by Gasteiger charge is 2.61. The molecular weight excluding hydrogens is 579 g/mol. The maximum atomic E-state index is 13.4. The molecule has 1 saturated heterocycles. The summed E-state index contributed by atoms with van der Waals surface area (Å²) in [7, 11) is -1.88. The van der Waals surface area contributed by atoms with Crippen LogP contribution in [-0.2, 0) is 23.5 Å². The summed E-state index contributed by atoms with van der Waals surface area (Å²) >= 11 is 2.86. The van der Waals surface area contributed by atoms with E-state index in [9.17, 15) is 14.4 Å². The number of carbonyl (C=O) groups excluding carboxylic acids is 3. The lowest BCUT2D eigenvalue weighted by atomic mass is 9.79. The summed E-state index contributed by atoms with van der Waals surface area (Å²) in [6.45, 7) is 20.1. The molecule has 0 spiro atoms. The Morgan fingerprint density at radius 1 is 1.22 bits per heavy atom. The number of hydrogen-bond acceptors (Lipinski definition) is 9. The van der Waals surface area contributed by atoms with Crippen LogP contribution in [0.3, 0.4) is 0 Å². The van der Waals surface area contributed by atoms with Crippen molar-refractivity contribution in [1.29, 1.82) is 0 Å². The number of β-lactam (4-membered cyclic amide) rings is 1. The number of hydrogen-bond donors (Lipinski definition) is 0. The van der Waals surface area contributed by atoms with Crippen molar-refractivity contribution in [3.63, 3.8) is 0 Å². The van der Waals surface area contributed by atoms with Crippen molar-refractivity contribution in [2.75, 3.05) is 19.8 Å². The molecule has 222 valence electrons. The van der Waals surface area contributed by atoms with E-state index in [0.717, 1.165) is 20.5 Å². The number of nitrogens with zero attached hydrogens (tertiary/aromatic N) is 3. The number of rotatable bonds is 11. The summed E-state index contributed by atoms with van der Waals surface area (Å²) in [5, 5.41) is 1.96. The normalized spacial score (nSPS) is 24.8. The van der Waals surface area contributed by atoms with E-state index in [1.54, 1.807) is 15.9 Å². The monoisotopic (exact) mass is 617 g/mol. The number of fused-ring (bicyclic) bond motifs is 1. The fourth-order valence-corrected chi connectivity index (χ4v) is 8.87. The lowest BCUT2D eigenvalue weighted by Crippen LogP contribution is -2.64. The minimum Gasteiger partial charge on any atom is -0.457 e. The largest absolute Gasteiger partial charge is 0.457 e. The Bertz CT molecular complexity index is 1290. The Hall–Kier alpha value is -2.67. The number of carbonyl (C=O) groups is 3. The molecule has 4 heterocycles. The summed E-state index contributed by atoms with van der Waals surface area (Å²) in [6, 6.07) is -0.167. The van der Waals surface area contributed by atoms with Gasteiger partial charge >= 0.3 is 12.1 Å². The van der Waals surface area contributed by atoms with Crippen molar-refractivity contribution in [1.82, 2.24) is 14.8 Å². The smallest absolute Gasteiger partial charge is 0.410 e. The van der Waals surface area contributed by atoms with E-state index >= 15 is 0 Å². The van der Waals surface area contributed by atoms with Gasteiger partial charge in [-0.2, -0.15) is 0 Å². The summed E-state index contributed by atoms with van der Waals surface area (Å²) in [5.74, 6) is -1.08. The predicted molar refractivity (Wildman–Crippen MR) is 164 cm³/mol. The zero-order chi connectivity index (χ0) is 30.1. The molecule has 0 aliphatic carbocycles. The molecule has 9 nitrogen and oxygen atoms in total. The molecular formula is C29H39N3O6S2Si. The third kappa shape index (κ3) is 6.55. The van der Waals surface area contributed by atoms with Gasteiger partial charge in [0.15, 0.2) is 12.7 Å². The summed E-state index contributed by atoms with van der Waals surface area (Å²) in [6.07, 6.45) is 5.23. The number of esters is 1. The molecule has 5 atom stereocenters. The zero-order valence-corrected chi connectivity index (χ0v) is 27.2. The molecule has 0 unspecified atom stereocenters. The van der Waals surface area contributed by atoms with Gasteiger partial charge in [-0.15, -0.1) is 11.3 Å². The second-order valence-corrected chi connectivity index (χ2v) is 18.1. The fraction of sp³-hybridized carbons (Fsp3) is 0.517. The maximum absolute atomic E-state index is 13.4. The SMILES string of the molecule is C=CCOC(=O)C1=C(Sc2nc(C3=CC[C@@H](C)N(C(=O)OCC=C)C3)cs2)[C@H](C)[C@@H]2[C@@H]([C@@H](C)O[Si](C)(C)C)C(=O)N12. The van der Waals surface area contributed by atoms with Gasteiger partial charge < -0.3 is 23.7 Å². The van der Waals surface area contributed by atoms with Gasteiger partial charge in [0.25, 0.3) is 0 Å². The highest BCUT2D eigenvalue weighted by molar-refractivity contribution is 8.04. The van der Waals surface area contributed by atoms with Crippen molar-refractivity contribution in [3.05, 3.63) is 53.1 Å². The van der Waals surface area contributed by atoms with Crippen LogP contribution < -0.4 is 0 Å². The zero-order valence-electron chi connectivity index (χ0n) is 24.5. The Labute approximate surface area is 251 Å². The van der Waals surface area contributed by atoms with E-state index in [1.165, 1.54) is 29.2 Å². The number of thiazole rings is 1. The molecule has 1 aromatic rings. The van der Waals surface area contributed by atoms with Crippen LogP contribution in [-0.4, -0.2) is 79.0 Å². The minimum atomic E-state index is -1.88. The Morgan fingerprint density at radius 3 is 2.56 bits per heavy atom. The summed E-state index contributed by atoms with van der Waals surface area (Å²) in [4.78, 5) is 48.1. The van der Waals surface area contributed by atoms with E-state index in [2.05, 4.69) is 38.9 Å². The standard InChI is InChI=1S/C29H39N3O6S2Si/c1-9-13-36-27(34)24-25(18(4)23-22(26(33)32(23)24)19(5)38-41(6,7)8)40-28-30-21(16-39-28)20-12-11-17(3)31(15-20)29(35)37-14-10-2/h9-10,12,16-19,22-23H,1-2,11,13-15H2,3-8H3/t17-,18-,19-,22-,23-/m1/s1. The van der Waals surface area contributed by atoms with Crippen LogP contribution in [0, 0.1) is 11.8 Å². The first-order valence-electron chi connectivity index (χ1n) is 13.8. The van der Waals surface area contributed by atoms with Gasteiger partial charge in [-0.05, 0) is 45.5 Å². The highest BCUT2D eigenvalue weighted by atomic mass is 32.2. The molecule has 0 N–H and O–H groups in total. The molecule has 0 saturated carbocycles. The third-order valence-corrected chi connectivity index (χ3v) is 10.6. The predicted octanol–water partition coefficient (Wildman–Crippen LogP) is 5.69. The molecule has 0 radical (unpaired) electrons. The highest BCUT2D eigenvalue weighted by Crippen LogP contribution is 2.53. The van der Waals surface area contributed by atoms with Gasteiger partial charge in [0.1, 0.15) is 18.9 Å². The third-order valence-electron chi connectivity index (χ3n) is 7.31. The fourth-order valence-electron chi connectivity index (χ4n) is 5.50. The van der Waals surface area contributed by atoms with Crippen LogP contribution in [0.25, 0.3) is 5.57 Å². The molecule has 3 aliphatic rings. The first-order chi connectivity index (χ1) is 19.4. The maximum Gasteiger partial charge on any atom is 0.410 e. The molecule has 2 amide bonds. The van der Waals surface area contributed by atoms with Crippen LogP contribution in [0.2, 0.25) is 19.6 Å². The average Bonchev–Trinajstić information content (AvgIpc) is 3.46. The van der Waals surface area contributed by atoms with E-state index in [-0.39, 0.29) is 60.9 Å². The van der Waals surface area contributed by atoms with E-state index in [0.29, 0.717) is 13.0 Å². The topological polar surface area (TPSA) is 98.3 Å². The van der Waals surface area contributed by atoms with E-state index < -0.39 is 14.3 Å². The van der Waals surface area contributed by atoms with Crippen molar-refractivity contribution in [2.45, 2.75) is 69.4 Å². The lowest BCUT2D eigenvalue weighted by Gasteiger charge is -2.48. The number of thioether (sulfide) groups is 1. The van der Waals surface area contributed by atoms with Gasteiger partial charge in [0.05, 0.1) is 30.3 Å². The van der Waals surface area contributed by atoms with Gasteiger partial charge in [-0.25, -0.2) is 14.6 Å². The van der Waals surface area contributed by atoms with Gasteiger partial charge in [-0.1, -0.05) is 50.1 Å². The van der Waals surface area contributed by atoms with Crippen molar-refractivity contribution >= 4 is 55.0 Å². The van der Waals surface area contributed by atoms with E-state index in [4.69, 9.17) is 18.9 Å². The molecule has 0 bridgehead atoms. The Morgan fingerprint density at radius 2 is 1.90 bits per heavy atom. The molecule has 0 aromatic carbocycles. The van der Waals surface area contributed by atoms with Crippen LogP contribution in [0.1, 0.15) is 32.9 Å². The van der Waals surface area contributed by atoms with Crippen LogP contribution in [0.4, 0.5) is 4.79 Å². The second kappa shape index (κ2) is 12.7. The average molecular weight is 618 g/mol. The molecule has 3 aliphatic heterocycles. The molecule has 1 fully saturated rings. The lowest BCUT2D eigenvalue weighted by molar-refractivity contribution is -0.163. The Balaban J connectivity index is 1.57. The van der Waals surface area contributed by atoms with Gasteiger partial charge in [0.2, 0.25) is 5.91 Å². The van der Waals surface area contributed by atoms with Crippen molar-refractivity contribution in [3.8, 4) is 0 Å². The van der Waals surface area contributed by atoms with Crippen LogP contribution in [0.15, 0.2) is 51.7 Å². The Kier molecular flexibility index (Phi) is 9.67. The second-order valence-electron chi connectivity index (χ2n) is 11.5. The number of amides is 2. The first kappa shape index (κ1) is 31.3. The minimum absolute atomic E-state index is 0.0134. The quantitative estimate of drug-likeness (QED) is 0.135. The van der Waals surface area contributed by atoms with Crippen LogP contribution >= 0.6 is 23.1 Å². The first-order valence-corrected chi connectivity index (χ1v) is 18.9. The molecule has 41 heavy (non-hydrogen) atoms. The van der Waals surface area contributed by atoms with E-state index in [1.807, 2.05) is 26.2 Å². The summed E-state index contributed by atoms with van der Waals surface area (Å²) in [5.41, 5.74) is 2.01. The molecule has 4 rings (SSSR count). The van der Waals surface area contributed by atoms with Crippen molar-refractivity contribution in [2.24, 2.45) is 11.8 Å². The summed E-state index contributed by atoms with van der Waals surface area (Å²) < 4.78 is 17.7. The van der Waals surface area contributed by atoms with Crippen molar-refractivity contribution < 1.29 is 28.3 Å². The number of aromatic nitrogens is 1. The molecule has 1 aromatic heterocycles. The number of ether oxygens (including phenoxy) is 2. The molecule has 12 heteroatoms.